The highest BCUT2D eigenvalue weighted by atomic mass is 16.1. The minimum absolute atomic E-state index is 0.171. The molecule has 1 fully saturated rings. The van der Waals surface area contributed by atoms with Crippen molar-refractivity contribution in [2.45, 2.75) is 19.0 Å². The third kappa shape index (κ3) is 0.431. The molecule has 1 aliphatic rings. The van der Waals surface area contributed by atoms with Crippen LogP contribution in [0.25, 0.3) is 0 Å². The molecule has 0 aromatic rings. The maximum Gasteiger partial charge on any atom is 0.138 e. The second-order valence-electron chi connectivity index (χ2n) is 1.62. The van der Waals surface area contributed by atoms with Gasteiger partial charge in [0.15, 0.2) is 0 Å². The smallest absolute Gasteiger partial charge is 0.138 e. The second-order valence-corrected chi connectivity index (χ2v) is 1.62. The van der Waals surface area contributed by atoms with E-state index in [1.165, 1.54) is 0 Å². The molecule has 1 N–H and O–H groups in total. The molecule has 0 saturated carbocycles. The fraction of sp³-hybridized carbons (Fsp3) is 0.750. The largest absolute Gasteiger partial charge is 0.302 e. The number of carbonyl (C=O) groups excluding carboxylic acids is 1. The summed E-state index contributed by atoms with van der Waals surface area (Å²) in [7, 11) is 0. The molecule has 0 aliphatic carbocycles. The molecule has 0 aromatic carbocycles. The molecule has 6 heavy (non-hydrogen) atoms. The predicted octanol–water partition coefficient (Wildman–Crippen LogP) is -0.454. The first-order chi connectivity index (χ1) is 2.84. The Hall–Kier alpha value is -0.370. The van der Waals surface area contributed by atoms with Gasteiger partial charge in [-0.2, -0.15) is 0 Å². The molecule has 2 atom stereocenters. The first-order valence-electron chi connectivity index (χ1n) is 2.06. The number of hydrogen-bond acceptors (Lipinski definition) is 2. The first-order valence-corrected chi connectivity index (χ1v) is 2.06. The molecule has 0 radical (unpaired) electrons. The van der Waals surface area contributed by atoms with Crippen LogP contribution < -0.4 is 5.32 Å². The van der Waals surface area contributed by atoms with E-state index in [0.29, 0.717) is 6.04 Å². The molecule has 34 valence electrons. The minimum Gasteiger partial charge on any atom is -0.302 e. The highest BCUT2D eigenvalue weighted by molar-refractivity contribution is 5.63. The number of carbonyl (C=O) groups is 1. The van der Waals surface area contributed by atoms with Gasteiger partial charge in [-0.25, -0.2) is 0 Å². The highest BCUT2D eigenvalue weighted by Gasteiger charge is 2.29. The van der Waals surface area contributed by atoms with Crippen LogP contribution in [-0.4, -0.2) is 18.4 Å². The summed E-state index contributed by atoms with van der Waals surface area (Å²) in [6.07, 6.45) is 0.935. The van der Waals surface area contributed by atoms with E-state index in [1.54, 1.807) is 0 Å². The van der Waals surface area contributed by atoms with Crippen LogP contribution in [0.3, 0.4) is 0 Å². The molecule has 2 nitrogen and oxygen atoms in total. The Balaban J connectivity index is 2.25. The van der Waals surface area contributed by atoms with Gasteiger partial charge in [0.2, 0.25) is 0 Å². The molecular formula is C4H7NO. The van der Waals surface area contributed by atoms with Crippen LogP contribution in [-0.2, 0) is 4.79 Å². The Kier molecular flexibility index (Phi) is 0.665. The number of nitrogens with one attached hydrogen (secondary N) is 1. The summed E-state index contributed by atoms with van der Waals surface area (Å²) < 4.78 is 0. The van der Waals surface area contributed by atoms with Crippen LogP contribution in [0.1, 0.15) is 6.92 Å². The standard InChI is InChI=1S/C4H7NO/c1-3-4(2-6)5-3/h2-5H,1H3. The molecule has 0 bridgehead atoms. The molecule has 0 aromatic heterocycles. The van der Waals surface area contributed by atoms with Gasteiger partial charge in [0.05, 0.1) is 6.04 Å². The quantitative estimate of drug-likeness (QED) is 0.346. The Bertz CT molecular complexity index is 71.9. The lowest BCUT2D eigenvalue weighted by atomic mass is 10.4. The van der Waals surface area contributed by atoms with E-state index < -0.39 is 0 Å². The Morgan fingerprint density at radius 1 is 1.83 bits per heavy atom. The second kappa shape index (κ2) is 1.05. The van der Waals surface area contributed by atoms with Crippen molar-refractivity contribution < 1.29 is 4.79 Å². The predicted molar refractivity (Wildman–Crippen MR) is 22.4 cm³/mol. The summed E-state index contributed by atoms with van der Waals surface area (Å²) in [5.74, 6) is 0. The van der Waals surface area contributed by atoms with Crippen molar-refractivity contribution in [1.29, 1.82) is 0 Å². The van der Waals surface area contributed by atoms with E-state index in [9.17, 15) is 4.79 Å². The van der Waals surface area contributed by atoms with E-state index in [1.807, 2.05) is 6.92 Å². The molecule has 0 spiro atoms. The average Bonchev–Trinajstić information content (AvgIpc) is 2.19. The topological polar surface area (TPSA) is 39.0 Å². The van der Waals surface area contributed by atoms with Gasteiger partial charge in [-0.15, -0.1) is 0 Å². The first kappa shape index (κ1) is 3.81. The zero-order valence-corrected chi connectivity index (χ0v) is 3.64. The van der Waals surface area contributed by atoms with Gasteiger partial charge in [-0.1, -0.05) is 0 Å². The van der Waals surface area contributed by atoms with Gasteiger partial charge in [0, 0.05) is 6.04 Å². The molecule has 1 saturated heterocycles. The number of hydrogen-bond donors (Lipinski definition) is 1. The van der Waals surface area contributed by atoms with Crippen molar-refractivity contribution in [2.24, 2.45) is 0 Å². The fourth-order valence-corrected chi connectivity index (χ4v) is 0.405. The summed E-state index contributed by atoms with van der Waals surface area (Å²) in [6.45, 7) is 1.99. The monoisotopic (exact) mass is 85.1 g/mol. The number of aldehydes is 1. The van der Waals surface area contributed by atoms with E-state index in [-0.39, 0.29) is 6.04 Å². The summed E-state index contributed by atoms with van der Waals surface area (Å²) in [4.78, 5) is 9.72. The summed E-state index contributed by atoms with van der Waals surface area (Å²) in [5, 5.41) is 2.91. The fourth-order valence-electron chi connectivity index (χ4n) is 0.405. The minimum atomic E-state index is 0.171. The SMILES string of the molecule is CC1NC1C=O. The maximum absolute atomic E-state index is 9.72. The lowest BCUT2D eigenvalue weighted by Crippen LogP contribution is -1.88. The van der Waals surface area contributed by atoms with E-state index in [4.69, 9.17) is 0 Å². The van der Waals surface area contributed by atoms with E-state index >= 15 is 0 Å². The van der Waals surface area contributed by atoms with Gasteiger partial charge >= 0.3 is 0 Å². The molecule has 1 aliphatic heterocycles. The van der Waals surface area contributed by atoms with E-state index in [0.717, 1.165) is 6.29 Å². The van der Waals surface area contributed by atoms with Crippen LogP contribution in [0.4, 0.5) is 0 Å². The van der Waals surface area contributed by atoms with Gasteiger partial charge in [0.25, 0.3) is 0 Å². The van der Waals surface area contributed by atoms with Crippen molar-refractivity contribution in [1.82, 2.24) is 5.32 Å². The molecular weight excluding hydrogens is 78.0 g/mol. The van der Waals surface area contributed by atoms with Gasteiger partial charge < -0.3 is 10.1 Å². The van der Waals surface area contributed by atoms with Crippen molar-refractivity contribution in [2.75, 3.05) is 0 Å². The Morgan fingerprint density at radius 2 is 2.33 bits per heavy atom. The molecule has 1 rings (SSSR count). The Morgan fingerprint density at radius 3 is 2.33 bits per heavy atom. The maximum atomic E-state index is 9.72. The lowest BCUT2D eigenvalue weighted by molar-refractivity contribution is -0.107. The van der Waals surface area contributed by atoms with Crippen molar-refractivity contribution in [3.05, 3.63) is 0 Å². The Labute approximate surface area is 36.5 Å². The van der Waals surface area contributed by atoms with Gasteiger partial charge in [0.1, 0.15) is 6.29 Å². The molecule has 2 heteroatoms. The van der Waals surface area contributed by atoms with E-state index in [2.05, 4.69) is 5.32 Å². The van der Waals surface area contributed by atoms with Crippen LogP contribution in [0, 0.1) is 0 Å². The third-order valence-corrected chi connectivity index (χ3v) is 1.03. The summed E-state index contributed by atoms with van der Waals surface area (Å²) >= 11 is 0. The van der Waals surface area contributed by atoms with Crippen LogP contribution in [0.15, 0.2) is 0 Å². The summed E-state index contributed by atoms with van der Waals surface area (Å²) in [5.41, 5.74) is 0. The molecule has 1 heterocycles. The molecule has 2 unspecified atom stereocenters. The summed E-state index contributed by atoms with van der Waals surface area (Å²) in [6, 6.07) is 0.618. The normalized spacial score (nSPS) is 42.2. The van der Waals surface area contributed by atoms with Crippen molar-refractivity contribution in [3.8, 4) is 0 Å². The van der Waals surface area contributed by atoms with Crippen LogP contribution in [0.2, 0.25) is 0 Å². The number of rotatable bonds is 1. The van der Waals surface area contributed by atoms with Crippen LogP contribution >= 0.6 is 0 Å². The third-order valence-electron chi connectivity index (χ3n) is 1.03. The van der Waals surface area contributed by atoms with Gasteiger partial charge in [-0.05, 0) is 6.92 Å². The highest BCUT2D eigenvalue weighted by Crippen LogP contribution is 2.03. The average molecular weight is 85.1 g/mol. The zero-order valence-electron chi connectivity index (χ0n) is 3.64. The lowest BCUT2D eigenvalue weighted by Gasteiger charge is -1.62. The van der Waals surface area contributed by atoms with Crippen molar-refractivity contribution >= 4 is 6.29 Å². The van der Waals surface area contributed by atoms with Gasteiger partial charge in [-0.3, -0.25) is 0 Å². The molecule has 0 amide bonds. The van der Waals surface area contributed by atoms with Crippen LogP contribution in [0.5, 0.6) is 0 Å². The van der Waals surface area contributed by atoms with Crippen molar-refractivity contribution in [3.63, 3.8) is 0 Å². The zero-order chi connectivity index (χ0) is 4.57.